The monoisotopic (exact) mass is 386 g/mol. The lowest BCUT2D eigenvalue weighted by molar-refractivity contribution is 0.103. The summed E-state index contributed by atoms with van der Waals surface area (Å²) in [7, 11) is 3.25. The van der Waals surface area contributed by atoms with Gasteiger partial charge in [-0.3, -0.25) is 4.79 Å². The molecule has 0 heterocycles. The van der Waals surface area contributed by atoms with Crippen LogP contribution in [-0.2, 0) is 0 Å². The molecule has 3 aromatic rings. The minimum Gasteiger partial charge on any atom is -0.497 e. The van der Waals surface area contributed by atoms with E-state index in [9.17, 15) is 9.90 Å². The van der Waals surface area contributed by atoms with Crippen molar-refractivity contribution in [3.05, 3.63) is 84.0 Å². The van der Waals surface area contributed by atoms with E-state index in [-0.39, 0.29) is 5.78 Å². The zero-order chi connectivity index (χ0) is 20.4. The Morgan fingerprint density at radius 3 is 2.52 bits per heavy atom. The van der Waals surface area contributed by atoms with Gasteiger partial charge >= 0.3 is 0 Å². The van der Waals surface area contributed by atoms with Gasteiger partial charge < -0.3 is 14.6 Å². The lowest BCUT2D eigenvalue weighted by Crippen LogP contribution is -2.11. The minimum atomic E-state index is -0.541. The standard InChI is InChI=1S/C25H22O4/c1-28-20-5-3-4-17(14-20)22-12-8-18-15-21(29-2)11-13-23(18)24(22)25(27)16-6-9-19(26)10-7-16/h3-9,11-15,19,26H,10H2,1-2H3. The number of rotatable bonds is 5. The number of carbonyl (C=O) groups is 1. The summed E-state index contributed by atoms with van der Waals surface area (Å²) >= 11 is 0. The molecule has 1 aliphatic rings. The second-order valence-corrected chi connectivity index (χ2v) is 6.96. The summed E-state index contributed by atoms with van der Waals surface area (Å²) in [5, 5.41) is 11.5. The van der Waals surface area contributed by atoms with E-state index < -0.39 is 6.10 Å². The van der Waals surface area contributed by atoms with E-state index in [0.29, 0.717) is 17.6 Å². The normalized spacial score (nSPS) is 15.8. The largest absolute Gasteiger partial charge is 0.497 e. The Morgan fingerprint density at radius 1 is 1.00 bits per heavy atom. The van der Waals surface area contributed by atoms with Crippen LogP contribution in [0.25, 0.3) is 21.9 Å². The van der Waals surface area contributed by atoms with Crippen LogP contribution < -0.4 is 9.47 Å². The Balaban J connectivity index is 1.94. The quantitative estimate of drug-likeness (QED) is 0.630. The fourth-order valence-electron chi connectivity index (χ4n) is 3.63. The maximum Gasteiger partial charge on any atom is 0.193 e. The van der Waals surface area contributed by atoms with Gasteiger partial charge in [-0.2, -0.15) is 0 Å². The molecule has 1 aliphatic carbocycles. The van der Waals surface area contributed by atoms with Crippen LogP contribution in [0.3, 0.4) is 0 Å². The molecule has 0 aromatic heterocycles. The number of ether oxygens (including phenoxy) is 2. The van der Waals surface area contributed by atoms with Gasteiger partial charge in [0.25, 0.3) is 0 Å². The van der Waals surface area contributed by atoms with Gasteiger partial charge in [-0.1, -0.05) is 42.5 Å². The number of carbonyl (C=O) groups excluding carboxylic acids is 1. The van der Waals surface area contributed by atoms with Crippen molar-refractivity contribution in [3.63, 3.8) is 0 Å². The van der Waals surface area contributed by atoms with Gasteiger partial charge in [0.15, 0.2) is 5.78 Å². The highest BCUT2D eigenvalue weighted by molar-refractivity contribution is 6.21. The first kappa shape index (κ1) is 19.0. The molecule has 4 rings (SSSR count). The number of hydrogen-bond acceptors (Lipinski definition) is 4. The van der Waals surface area contributed by atoms with E-state index in [1.807, 2.05) is 54.6 Å². The number of aliphatic hydroxyl groups excluding tert-OH is 1. The Morgan fingerprint density at radius 2 is 1.79 bits per heavy atom. The fourth-order valence-corrected chi connectivity index (χ4v) is 3.63. The first-order valence-corrected chi connectivity index (χ1v) is 9.47. The predicted octanol–water partition coefficient (Wildman–Crippen LogP) is 4.95. The summed E-state index contributed by atoms with van der Waals surface area (Å²) < 4.78 is 10.7. The molecule has 29 heavy (non-hydrogen) atoms. The highest BCUT2D eigenvalue weighted by atomic mass is 16.5. The lowest BCUT2D eigenvalue weighted by atomic mass is 9.87. The van der Waals surface area contributed by atoms with Crippen molar-refractivity contribution in [2.24, 2.45) is 0 Å². The van der Waals surface area contributed by atoms with Gasteiger partial charge in [0.1, 0.15) is 11.5 Å². The molecule has 1 N–H and O–H groups in total. The van der Waals surface area contributed by atoms with Gasteiger partial charge in [-0.05, 0) is 58.7 Å². The molecule has 0 spiro atoms. The third kappa shape index (κ3) is 3.67. The molecule has 4 heteroatoms. The number of fused-ring (bicyclic) bond motifs is 1. The van der Waals surface area contributed by atoms with Crippen LogP contribution in [0.4, 0.5) is 0 Å². The second-order valence-electron chi connectivity index (χ2n) is 6.96. The molecule has 3 aromatic carbocycles. The third-order valence-electron chi connectivity index (χ3n) is 5.17. The topological polar surface area (TPSA) is 55.8 Å². The van der Waals surface area contributed by atoms with Crippen molar-refractivity contribution >= 4 is 16.6 Å². The molecule has 146 valence electrons. The molecule has 0 saturated heterocycles. The van der Waals surface area contributed by atoms with Crippen molar-refractivity contribution in [1.82, 2.24) is 0 Å². The number of aliphatic hydroxyl groups is 1. The third-order valence-corrected chi connectivity index (χ3v) is 5.17. The Kier molecular flexibility index (Phi) is 5.19. The van der Waals surface area contributed by atoms with Gasteiger partial charge in [0.05, 0.1) is 20.3 Å². The molecular formula is C25H22O4. The van der Waals surface area contributed by atoms with Crippen LogP contribution in [-0.4, -0.2) is 31.2 Å². The molecule has 0 aliphatic heterocycles. The second kappa shape index (κ2) is 7.94. The number of benzene rings is 3. The average molecular weight is 386 g/mol. The van der Waals surface area contributed by atoms with Crippen molar-refractivity contribution in [3.8, 4) is 22.6 Å². The first-order chi connectivity index (χ1) is 14.1. The zero-order valence-electron chi connectivity index (χ0n) is 16.4. The number of allylic oxidation sites excluding steroid dienone is 2. The van der Waals surface area contributed by atoms with Crippen molar-refractivity contribution in [2.75, 3.05) is 14.2 Å². The van der Waals surface area contributed by atoms with E-state index in [0.717, 1.165) is 33.4 Å². The van der Waals surface area contributed by atoms with Crippen LogP contribution in [0.1, 0.15) is 16.8 Å². The van der Waals surface area contributed by atoms with Gasteiger partial charge in [-0.25, -0.2) is 0 Å². The smallest absolute Gasteiger partial charge is 0.193 e. The van der Waals surface area contributed by atoms with Crippen LogP contribution in [0.5, 0.6) is 11.5 Å². The van der Waals surface area contributed by atoms with Crippen molar-refractivity contribution < 1.29 is 19.4 Å². The lowest BCUT2D eigenvalue weighted by Gasteiger charge is -2.16. The Labute approximate surface area is 169 Å². The zero-order valence-corrected chi connectivity index (χ0v) is 16.4. The summed E-state index contributed by atoms with van der Waals surface area (Å²) in [6, 6.07) is 17.4. The van der Waals surface area contributed by atoms with E-state index in [1.54, 1.807) is 32.4 Å². The highest BCUT2D eigenvalue weighted by Crippen LogP contribution is 2.35. The van der Waals surface area contributed by atoms with Crippen molar-refractivity contribution in [1.29, 1.82) is 0 Å². The van der Waals surface area contributed by atoms with Gasteiger partial charge in [0, 0.05) is 11.1 Å². The molecule has 4 nitrogen and oxygen atoms in total. The molecule has 0 radical (unpaired) electrons. The maximum atomic E-state index is 13.6. The van der Waals surface area contributed by atoms with Crippen LogP contribution in [0.2, 0.25) is 0 Å². The molecule has 1 atom stereocenters. The van der Waals surface area contributed by atoms with Gasteiger partial charge in [0.2, 0.25) is 0 Å². The molecule has 0 amide bonds. The Hall–Kier alpha value is -3.37. The van der Waals surface area contributed by atoms with Crippen LogP contribution in [0, 0.1) is 0 Å². The number of hydrogen-bond donors (Lipinski definition) is 1. The first-order valence-electron chi connectivity index (χ1n) is 9.47. The predicted molar refractivity (Wildman–Crippen MR) is 115 cm³/mol. The van der Waals surface area contributed by atoms with Crippen LogP contribution in [0.15, 0.2) is 78.4 Å². The van der Waals surface area contributed by atoms with Crippen LogP contribution >= 0.6 is 0 Å². The highest BCUT2D eigenvalue weighted by Gasteiger charge is 2.21. The summed E-state index contributed by atoms with van der Waals surface area (Å²) in [6.07, 6.45) is 5.05. The number of ketones is 1. The summed E-state index contributed by atoms with van der Waals surface area (Å²) in [5.74, 6) is 1.40. The van der Waals surface area contributed by atoms with E-state index >= 15 is 0 Å². The van der Waals surface area contributed by atoms with E-state index in [2.05, 4.69) is 0 Å². The van der Waals surface area contributed by atoms with Crippen molar-refractivity contribution in [2.45, 2.75) is 12.5 Å². The summed E-state index contributed by atoms with van der Waals surface area (Å²) in [4.78, 5) is 13.6. The Bertz CT molecular complexity index is 1140. The van der Waals surface area contributed by atoms with E-state index in [1.165, 1.54) is 0 Å². The molecule has 1 unspecified atom stereocenters. The molecule has 0 bridgehead atoms. The average Bonchev–Trinajstić information content (AvgIpc) is 2.78. The minimum absolute atomic E-state index is 0.0678. The maximum absolute atomic E-state index is 13.6. The SMILES string of the molecule is COc1cccc(-c2ccc3cc(OC)ccc3c2C(=O)C2=CCC(O)C=C2)c1. The fraction of sp³-hybridized carbons (Fsp3) is 0.160. The summed E-state index contributed by atoms with van der Waals surface area (Å²) in [5.41, 5.74) is 2.96. The molecule has 0 saturated carbocycles. The van der Waals surface area contributed by atoms with Gasteiger partial charge in [-0.15, -0.1) is 0 Å². The van der Waals surface area contributed by atoms with E-state index in [4.69, 9.17) is 9.47 Å². The summed E-state index contributed by atoms with van der Waals surface area (Å²) in [6.45, 7) is 0. The number of methoxy groups -OCH3 is 2. The number of Topliss-reactive ketones (excluding diaryl/α,β-unsaturated/α-hetero) is 1. The molecule has 0 fully saturated rings. The molecular weight excluding hydrogens is 364 g/mol.